The summed E-state index contributed by atoms with van der Waals surface area (Å²) in [7, 11) is 0. The molecule has 29 heavy (non-hydrogen) atoms. The molecule has 0 bridgehead atoms. The first-order valence-corrected chi connectivity index (χ1v) is 10.8. The Morgan fingerprint density at radius 3 is 2.59 bits per heavy atom. The Morgan fingerprint density at radius 2 is 1.86 bits per heavy atom. The lowest BCUT2D eigenvalue weighted by Crippen LogP contribution is -2.12. The van der Waals surface area contributed by atoms with Crippen LogP contribution in [-0.2, 0) is 10.5 Å². The van der Waals surface area contributed by atoms with E-state index in [1.807, 2.05) is 54.6 Å². The molecule has 2 heterocycles. The van der Waals surface area contributed by atoms with E-state index in [9.17, 15) is 4.79 Å². The first kappa shape index (κ1) is 19.4. The zero-order valence-electron chi connectivity index (χ0n) is 15.7. The normalized spacial score (nSPS) is 10.9. The molecule has 0 fully saturated rings. The number of benzene rings is 2. The van der Waals surface area contributed by atoms with E-state index in [1.165, 1.54) is 23.1 Å². The summed E-state index contributed by atoms with van der Waals surface area (Å²) in [6.07, 6.45) is 0. The number of thioether (sulfide) groups is 1. The largest absolute Gasteiger partial charge is 0.462 e. The van der Waals surface area contributed by atoms with Gasteiger partial charge in [0.05, 0.1) is 23.4 Å². The summed E-state index contributed by atoms with van der Waals surface area (Å²) in [5, 5.41) is 9.22. The van der Waals surface area contributed by atoms with Crippen molar-refractivity contribution in [3.8, 4) is 11.1 Å². The minimum Gasteiger partial charge on any atom is -0.462 e. The molecule has 146 valence electrons. The molecule has 2 aromatic carbocycles. The molecule has 6 nitrogen and oxygen atoms in total. The van der Waals surface area contributed by atoms with Gasteiger partial charge in [-0.15, -0.1) is 10.2 Å². The Morgan fingerprint density at radius 1 is 1.10 bits per heavy atom. The third kappa shape index (κ3) is 4.08. The first-order valence-electron chi connectivity index (χ1n) is 9.03. The molecule has 0 amide bonds. The number of fused-ring (bicyclic) bond motifs is 1. The highest BCUT2D eigenvalue weighted by molar-refractivity contribution is 8.00. The highest BCUT2D eigenvalue weighted by Gasteiger charge is 2.23. The second-order valence-corrected chi connectivity index (χ2v) is 8.34. The maximum absolute atomic E-state index is 13.0. The van der Waals surface area contributed by atoms with Crippen molar-refractivity contribution in [3.63, 3.8) is 0 Å². The van der Waals surface area contributed by atoms with Gasteiger partial charge in [-0.1, -0.05) is 71.6 Å². The van der Waals surface area contributed by atoms with E-state index in [1.54, 1.807) is 6.92 Å². The van der Waals surface area contributed by atoms with E-state index in [4.69, 9.17) is 15.5 Å². The maximum Gasteiger partial charge on any atom is 0.340 e. The van der Waals surface area contributed by atoms with Gasteiger partial charge in [0.1, 0.15) is 0 Å². The maximum atomic E-state index is 13.0. The number of anilines is 1. The van der Waals surface area contributed by atoms with Crippen molar-refractivity contribution in [1.29, 1.82) is 0 Å². The van der Waals surface area contributed by atoms with E-state index >= 15 is 0 Å². The number of esters is 1. The lowest BCUT2D eigenvalue weighted by atomic mass is 9.94. The van der Waals surface area contributed by atoms with Crippen molar-refractivity contribution in [1.82, 2.24) is 15.2 Å². The average molecular weight is 423 g/mol. The summed E-state index contributed by atoms with van der Waals surface area (Å²) in [5.74, 6) is 0.0740. The number of para-hydroxylation sites is 1. The van der Waals surface area contributed by atoms with Crippen molar-refractivity contribution in [3.05, 3.63) is 65.9 Å². The SMILES string of the molecule is CCOC(=O)c1c(CSc2nnc(N)s2)nc2ccccc2c1-c1ccccc1. The van der Waals surface area contributed by atoms with Crippen LogP contribution in [0.1, 0.15) is 23.0 Å². The molecule has 4 aromatic rings. The standard InChI is InChI=1S/C21H18N4O2S2/c1-2-27-19(26)18-16(12-28-21-25-24-20(22)29-21)23-15-11-7-6-10-14(15)17(18)13-8-4-3-5-9-13/h3-11H,2,12H2,1H3,(H2,22,24). The molecule has 0 atom stereocenters. The molecule has 0 radical (unpaired) electrons. The first-order chi connectivity index (χ1) is 14.2. The van der Waals surface area contributed by atoms with E-state index < -0.39 is 0 Å². The van der Waals surface area contributed by atoms with E-state index in [0.29, 0.717) is 28.7 Å². The van der Waals surface area contributed by atoms with Crippen LogP contribution in [0.5, 0.6) is 0 Å². The van der Waals surface area contributed by atoms with Crippen LogP contribution in [0.25, 0.3) is 22.0 Å². The van der Waals surface area contributed by atoms with Crippen LogP contribution >= 0.6 is 23.1 Å². The Balaban J connectivity index is 1.91. The summed E-state index contributed by atoms with van der Waals surface area (Å²) in [4.78, 5) is 17.8. The van der Waals surface area contributed by atoms with Crippen molar-refractivity contribution < 1.29 is 9.53 Å². The predicted octanol–water partition coefficient (Wildman–Crippen LogP) is 4.80. The molecule has 0 aliphatic heterocycles. The number of pyridine rings is 1. The average Bonchev–Trinajstić information content (AvgIpc) is 3.17. The third-order valence-electron chi connectivity index (χ3n) is 4.26. The van der Waals surface area contributed by atoms with Gasteiger partial charge in [-0.05, 0) is 18.6 Å². The van der Waals surface area contributed by atoms with Gasteiger partial charge < -0.3 is 10.5 Å². The van der Waals surface area contributed by atoms with Gasteiger partial charge in [-0.2, -0.15) is 0 Å². The molecule has 0 unspecified atom stereocenters. The van der Waals surface area contributed by atoms with Gasteiger partial charge in [0.15, 0.2) is 4.34 Å². The lowest BCUT2D eigenvalue weighted by molar-refractivity contribution is 0.0526. The Kier molecular flexibility index (Phi) is 5.73. The van der Waals surface area contributed by atoms with E-state index in [-0.39, 0.29) is 5.97 Å². The van der Waals surface area contributed by atoms with Gasteiger partial charge in [0.2, 0.25) is 5.13 Å². The molecule has 0 aliphatic carbocycles. The van der Waals surface area contributed by atoms with Crippen LogP contribution in [0.3, 0.4) is 0 Å². The number of nitrogens with zero attached hydrogens (tertiary/aromatic N) is 3. The molecule has 2 aromatic heterocycles. The summed E-state index contributed by atoms with van der Waals surface area (Å²) in [6, 6.07) is 17.7. The van der Waals surface area contributed by atoms with Crippen molar-refractivity contribution in [2.75, 3.05) is 12.3 Å². The Bertz CT molecular complexity index is 1160. The molecule has 8 heteroatoms. The van der Waals surface area contributed by atoms with Crippen LogP contribution in [0, 0.1) is 0 Å². The van der Waals surface area contributed by atoms with E-state index in [0.717, 1.165) is 26.4 Å². The zero-order chi connectivity index (χ0) is 20.2. The van der Waals surface area contributed by atoms with Crippen molar-refractivity contribution in [2.24, 2.45) is 0 Å². The number of ether oxygens (including phenoxy) is 1. The smallest absolute Gasteiger partial charge is 0.340 e. The van der Waals surface area contributed by atoms with Crippen LogP contribution in [0.2, 0.25) is 0 Å². The second kappa shape index (κ2) is 8.59. The molecule has 2 N–H and O–H groups in total. The zero-order valence-corrected chi connectivity index (χ0v) is 17.3. The Hall–Kier alpha value is -2.97. The minimum atomic E-state index is -0.378. The quantitative estimate of drug-likeness (QED) is 0.352. The fraction of sp³-hybridized carbons (Fsp3) is 0.143. The van der Waals surface area contributed by atoms with Crippen molar-refractivity contribution >= 4 is 45.1 Å². The van der Waals surface area contributed by atoms with Gasteiger partial charge in [-0.3, -0.25) is 4.98 Å². The Labute approximate surface area is 176 Å². The number of nitrogen functional groups attached to an aromatic ring is 1. The highest BCUT2D eigenvalue weighted by Crippen LogP contribution is 2.36. The van der Waals surface area contributed by atoms with E-state index in [2.05, 4.69) is 10.2 Å². The van der Waals surface area contributed by atoms with Crippen LogP contribution in [0.15, 0.2) is 58.9 Å². The highest BCUT2D eigenvalue weighted by atomic mass is 32.2. The summed E-state index contributed by atoms with van der Waals surface area (Å²) >= 11 is 2.76. The van der Waals surface area contributed by atoms with Gasteiger partial charge in [0, 0.05) is 16.7 Å². The number of nitrogens with two attached hydrogens (primary N) is 1. The van der Waals surface area contributed by atoms with Gasteiger partial charge >= 0.3 is 5.97 Å². The van der Waals surface area contributed by atoms with Gasteiger partial charge in [0.25, 0.3) is 0 Å². The fourth-order valence-electron chi connectivity index (χ4n) is 3.10. The molecular formula is C21H18N4O2S2. The summed E-state index contributed by atoms with van der Waals surface area (Å²) < 4.78 is 6.13. The summed E-state index contributed by atoms with van der Waals surface area (Å²) in [6.45, 7) is 2.09. The minimum absolute atomic E-state index is 0.291. The van der Waals surface area contributed by atoms with Crippen LogP contribution in [0.4, 0.5) is 5.13 Å². The monoisotopic (exact) mass is 422 g/mol. The molecule has 0 aliphatic rings. The van der Waals surface area contributed by atoms with Crippen molar-refractivity contribution in [2.45, 2.75) is 17.0 Å². The number of aromatic nitrogens is 3. The number of carbonyl (C=O) groups excluding carboxylic acids is 1. The number of carbonyl (C=O) groups is 1. The summed E-state index contributed by atoms with van der Waals surface area (Å²) in [5.41, 5.74) is 9.43. The topological polar surface area (TPSA) is 91.0 Å². The number of rotatable bonds is 6. The number of hydrogen-bond donors (Lipinski definition) is 1. The molecular weight excluding hydrogens is 404 g/mol. The van der Waals surface area contributed by atoms with Crippen LogP contribution < -0.4 is 5.73 Å². The fourth-order valence-corrected chi connectivity index (χ4v) is 4.68. The molecule has 0 saturated heterocycles. The van der Waals surface area contributed by atoms with Crippen LogP contribution in [-0.4, -0.2) is 27.8 Å². The predicted molar refractivity (Wildman–Crippen MR) is 117 cm³/mol. The lowest BCUT2D eigenvalue weighted by Gasteiger charge is -2.16. The molecule has 0 spiro atoms. The third-order valence-corrected chi connectivity index (χ3v) is 6.16. The number of hydrogen-bond acceptors (Lipinski definition) is 8. The second-order valence-electron chi connectivity index (χ2n) is 6.11. The van der Waals surface area contributed by atoms with Gasteiger partial charge in [-0.25, -0.2) is 4.79 Å². The molecule has 4 rings (SSSR count). The molecule has 0 saturated carbocycles.